The van der Waals surface area contributed by atoms with Crippen LogP contribution in [-0.4, -0.2) is 41.5 Å². The van der Waals surface area contributed by atoms with Crippen LogP contribution in [0.4, 0.5) is 5.13 Å². The number of anilines is 1. The quantitative estimate of drug-likeness (QED) is 0.377. The van der Waals surface area contributed by atoms with Gasteiger partial charge in [-0.05, 0) is 0 Å². The van der Waals surface area contributed by atoms with Crippen LogP contribution in [0.1, 0.15) is 28.7 Å². The van der Waals surface area contributed by atoms with Crippen LogP contribution >= 0.6 is 11.3 Å². The number of carboxylic acid groups (broad SMARTS) is 1. The minimum atomic E-state index is -1.14. The van der Waals surface area contributed by atoms with Crippen molar-refractivity contribution in [3.63, 3.8) is 0 Å². The van der Waals surface area contributed by atoms with Crippen molar-refractivity contribution < 1.29 is 19.5 Å². The Morgan fingerprint density at radius 1 is 1.40 bits per heavy atom. The maximum Gasteiger partial charge on any atom is 0.355 e. The second kappa shape index (κ2) is 8.23. The molecule has 0 aliphatic heterocycles. The standard InChI is InChI=1S/C11H16N4O4S/c1-2-8(17)14-11-15-9(10(18)19)7(20-11)5-12-3-4-13-6-16/h6,12H,2-5H2,1H3,(H,13,16)(H,18,19)(H,14,15,17). The molecule has 9 heteroatoms. The average Bonchev–Trinajstić information content (AvgIpc) is 2.81. The van der Waals surface area contributed by atoms with Crippen molar-refractivity contribution in [1.82, 2.24) is 15.6 Å². The summed E-state index contributed by atoms with van der Waals surface area (Å²) in [6.07, 6.45) is 0.891. The molecule has 0 aromatic carbocycles. The number of carbonyl (C=O) groups is 3. The van der Waals surface area contributed by atoms with Gasteiger partial charge < -0.3 is 21.1 Å². The fourth-order valence-corrected chi connectivity index (χ4v) is 2.26. The number of nitrogens with one attached hydrogen (secondary N) is 3. The summed E-state index contributed by atoms with van der Waals surface area (Å²) in [6.45, 7) is 2.96. The van der Waals surface area contributed by atoms with Crippen LogP contribution in [0.3, 0.4) is 0 Å². The van der Waals surface area contributed by atoms with Gasteiger partial charge in [0.2, 0.25) is 12.3 Å². The lowest BCUT2D eigenvalue weighted by molar-refractivity contribution is -0.116. The van der Waals surface area contributed by atoms with Crippen LogP contribution in [0.2, 0.25) is 0 Å². The first-order valence-electron chi connectivity index (χ1n) is 5.99. The predicted molar refractivity (Wildman–Crippen MR) is 73.8 cm³/mol. The van der Waals surface area contributed by atoms with Gasteiger partial charge in [-0.1, -0.05) is 18.3 Å². The summed E-state index contributed by atoms with van der Waals surface area (Å²) in [4.78, 5) is 36.8. The minimum absolute atomic E-state index is 0.0720. The number of carboxylic acids is 1. The maximum absolute atomic E-state index is 11.3. The van der Waals surface area contributed by atoms with E-state index in [2.05, 4.69) is 20.9 Å². The molecule has 1 aromatic rings. The zero-order chi connectivity index (χ0) is 15.0. The first-order chi connectivity index (χ1) is 9.58. The van der Waals surface area contributed by atoms with Gasteiger partial charge in [0.05, 0.1) is 4.88 Å². The first-order valence-corrected chi connectivity index (χ1v) is 6.80. The molecular formula is C11H16N4O4S. The van der Waals surface area contributed by atoms with E-state index < -0.39 is 5.97 Å². The number of carbonyl (C=O) groups excluding carboxylic acids is 2. The minimum Gasteiger partial charge on any atom is -0.476 e. The largest absolute Gasteiger partial charge is 0.476 e. The average molecular weight is 300 g/mol. The van der Waals surface area contributed by atoms with E-state index in [0.717, 1.165) is 11.3 Å². The molecule has 0 atom stereocenters. The smallest absolute Gasteiger partial charge is 0.355 e. The van der Waals surface area contributed by atoms with E-state index in [-0.39, 0.29) is 16.7 Å². The molecule has 0 aliphatic rings. The Bertz CT molecular complexity index is 489. The van der Waals surface area contributed by atoms with Crippen LogP contribution in [0.25, 0.3) is 0 Å². The maximum atomic E-state index is 11.3. The Morgan fingerprint density at radius 3 is 2.75 bits per heavy atom. The van der Waals surface area contributed by atoms with E-state index in [0.29, 0.717) is 37.3 Å². The Kier molecular flexibility index (Phi) is 6.60. The highest BCUT2D eigenvalue weighted by atomic mass is 32.1. The van der Waals surface area contributed by atoms with Gasteiger partial charge in [-0.2, -0.15) is 0 Å². The molecule has 0 radical (unpaired) electrons. The Labute approximate surface area is 119 Å². The number of aromatic carboxylic acids is 1. The van der Waals surface area contributed by atoms with E-state index in [1.165, 1.54) is 0 Å². The highest BCUT2D eigenvalue weighted by Gasteiger charge is 2.17. The number of hydrogen-bond acceptors (Lipinski definition) is 6. The molecule has 0 aliphatic carbocycles. The number of aromatic nitrogens is 1. The monoisotopic (exact) mass is 300 g/mol. The van der Waals surface area contributed by atoms with E-state index in [1.807, 2.05) is 0 Å². The molecule has 0 bridgehead atoms. The lowest BCUT2D eigenvalue weighted by Gasteiger charge is -2.02. The van der Waals surface area contributed by atoms with Crippen molar-refractivity contribution in [3.05, 3.63) is 10.6 Å². The van der Waals surface area contributed by atoms with Gasteiger partial charge in [-0.15, -0.1) is 0 Å². The summed E-state index contributed by atoms with van der Waals surface area (Å²) in [5, 5.41) is 17.3. The van der Waals surface area contributed by atoms with Crippen molar-refractivity contribution in [2.24, 2.45) is 0 Å². The number of thiazole rings is 1. The first kappa shape index (κ1) is 16.1. The predicted octanol–water partition coefficient (Wildman–Crippen LogP) is 0.0254. The third kappa shape index (κ3) is 4.94. The Balaban J connectivity index is 2.65. The number of hydrogen-bond donors (Lipinski definition) is 4. The van der Waals surface area contributed by atoms with E-state index >= 15 is 0 Å². The van der Waals surface area contributed by atoms with Gasteiger partial charge in [0.25, 0.3) is 0 Å². The molecule has 0 unspecified atom stereocenters. The van der Waals surface area contributed by atoms with Gasteiger partial charge in [0.15, 0.2) is 10.8 Å². The highest BCUT2D eigenvalue weighted by molar-refractivity contribution is 7.16. The fraction of sp³-hybridized carbons (Fsp3) is 0.455. The molecule has 1 heterocycles. The number of amides is 2. The second-order valence-electron chi connectivity index (χ2n) is 3.75. The summed E-state index contributed by atoms with van der Waals surface area (Å²) in [6, 6.07) is 0. The van der Waals surface area contributed by atoms with Crippen LogP contribution < -0.4 is 16.0 Å². The van der Waals surface area contributed by atoms with Crippen LogP contribution in [0, 0.1) is 0 Å². The van der Waals surface area contributed by atoms with E-state index in [9.17, 15) is 14.4 Å². The number of nitrogens with zero attached hydrogens (tertiary/aromatic N) is 1. The number of rotatable bonds is 9. The lowest BCUT2D eigenvalue weighted by Crippen LogP contribution is -2.26. The molecule has 2 amide bonds. The van der Waals surface area contributed by atoms with Crippen molar-refractivity contribution in [2.75, 3.05) is 18.4 Å². The fourth-order valence-electron chi connectivity index (χ4n) is 1.32. The van der Waals surface area contributed by atoms with Crippen LogP contribution in [0.5, 0.6) is 0 Å². The molecule has 1 aromatic heterocycles. The third-order valence-corrected chi connectivity index (χ3v) is 3.25. The topological polar surface area (TPSA) is 120 Å². The van der Waals surface area contributed by atoms with E-state index in [4.69, 9.17) is 5.11 Å². The second-order valence-corrected chi connectivity index (χ2v) is 4.83. The van der Waals surface area contributed by atoms with Gasteiger partial charge in [0, 0.05) is 26.1 Å². The molecule has 8 nitrogen and oxygen atoms in total. The molecule has 1 rings (SSSR count). The van der Waals surface area contributed by atoms with Crippen molar-refractivity contribution in [1.29, 1.82) is 0 Å². The Morgan fingerprint density at radius 2 is 2.15 bits per heavy atom. The molecule has 0 fully saturated rings. The van der Waals surface area contributed by atoms with Gasteiger partial charge in [-0.3, -0.25) is 9.59 Å². The van der Waals surface area contributed by atoms with Crippen molar-refractivity contribution in [3.8, 4) is 0 Å². The van der Waals surface area contributed by atoms with Gasteiger partial charge >= 0.3 is 5.97 Å². The third-order valence-electron chi connectivity index (χ3n) is 2.28. The molecule has 110 valence electrons. The Hall–Kier alpha value is -2.00. The zero-order valence-corrected chi connectivity index (χ0v) is 11.7. The molecule has 20 heavy (non-hydrogen) atoms. The van der Waals surface area contributed by atoms with Gasteiger partial charge in [-0.25, -0.2) is 9.78 Å². The molecule has 0 spiro atoms. The van der Waals surface area contributed by atoms with Crippen LogP contribution in [-0.2, 0) is 16.1 Å². The summed E-state index contributed by atoms with van der Waals surface area (Å²) < 4.78 is 0. The molecule has 0 saturated carbocycles. The molecule has 0 saturated heterocycles. The van der Waals surface area contributed by atoms with Crippen LogP contribution in [0.15, 0.2) is 0 Å². The summed E-state index contributed by atoms with van der Waals surface area (Å²) in [5.41, 5.74) is -0.0720. The van der Waals surface area contributed by atoms with Crippen molar-refractivity contribution in [2.45, 2.75) is 19.9 Å². The van der Waals surface area contributed by atoms with E-state index in [1.54, 1.807) is 6.92 Å². The SMILES string of the molecule is CCC(=O)Nc1nc(C(=O)O)c(CNCCNC=O)s1. The highest BCUT2D eigenvalue weighted by Crippen LogP contribution is 2.23. The summed E-state index contributed by atoms with van der Waals surface area (Å²) in [5.74, 6) is -1.36. The molecular weight excluding hydrogens is 284 g/mol. The summed E-state index contributed by atoms with van der Waals surface area (Å²) >= 11 is 1.12. The molecule has 4 N–H and O–H groups in total. The van der Waals surface area contributed by atoms with Crippen molar-refractivity contribution >= 4 is 34.8 Å². The zero-order valence-electron chi connectivity index (χ0n) is 10.9. The normalized spacial score (nSPS) is 10.1. The van der Waals surface area contributed by atoms with Gasteiger partial charge in [0.1, 0.15) is 0 Å². The summed E-state index contributed by atoms with van der Waals surface area (Å²) in [7, 11) is 0. The lowest BCUT2D eigenvalue weighted by atomic mass is 10.3.